The van der Waals surface area contributed by atoms with Gasteiger partial charge < -0.3 is 40.9 Å². The Labute approximate surface area is 413 Å². The highest BCUT2D eigenvalue weighted by molar-refractivity contribution is 6.15. The van der Waals surface area contributed by atoms with E-state index in [1.165, 1.54) is 0 Å². The molecule has 0 unspecified atom stereocenters. The molecule has 9 nitrogen and oxygen atoms in total. The van der Waals surface area contributed by atoms with Crippen LogP contribution in [0.4, 0.5) is 17.1 Å². The van der Waals surface area contributed by atoms with Crippen LogP contribution in [-0.4, -0.2) is 40.9 Å². The summed E-state index contributed by atoms with van der Waals surface area (Å²) in [5, 5.41) is 102. The van der Waals surface area contributed by atoms with Gasteiger partial charge >= 0.3 is 0 Å². The van der Waals surface area contributed by atoms with Crippen LogP contribution >= 0.6 is 0 Å². The van der Waals surface area contributed by atoms with Gasteiger partial charge in [-0.15, -0.1) is 0 Å². The van der Waals surface area contributed by atoms with Crippen molar-refractivity contribution in [3.63, 3.8) is 0 Å². The summed E-state index contributed by atoms with van der Waals surface area (Å²) in [6.07, 6.45) is 0. The lowest BCUT2D eigenvalue weighted by Crippen LogP contribution is -2.28. The normalized spacial score (nSPS) is 12.4. The predicted molar refractivity (Wildman–Crippen MR) is 283 cm³/mol. The highest BCUT2D eigenvalue weighted by Gasteiger charge is 2.47. The number of phenols is 8. The number of rotatable bonds is 8. The lowest BCUT2D eigenvalue weighted by molar-refractivity contribution is 0.372. The summed E-state index contributed by atoms with van der Waals surface area (Å²) < 4.78 is 0. The van der Waals surface area contributed by atoms with E-state index < -0.39 is 62.8 Å². The van der Waals surface area contributed by atoms with Crippen molar-refractivity contribution in [1.29, 1.82) is 0 Å². The lowest BCUT2D eigenvalue weighted by Gasteiger charge is -2.35. The molecule has 0 radical (unpaired) electrons. The van der Waals surface area contributed by atoms with Crippen LogP contribution in [0.1, 0.15) is 22.3 Å². The molecular weight excluding hydrogens is 899 g/mol. The molecule has 0 saturated heterocycles. The average Bonchev–Trinajstić information content (AvgIpc) is 3.73. The van der Waals surface area contributed by atoms with Crippen molar-refractivity contribution in [2.24, 2.45) is 0 Å². The Kier molecular flexibility index (Phi) is 10.1. The van der Waals surface area contributed by atoms with E-state index in [0.29, 0.717) is 5.39 Å². The van der Waals surface area contributed by atoms with E-state index in [-0.39, 0.29) is 27.9 Å². The van der Waals surface area contributed by atoms with Crippen LogP contribution in [0, 0.1) is 0 Å². The summed E-state index contributed by atoms with van der Waals surface area (Å²) >= 11 is 0. The molecule has 0 bridgehead atoms. The van der Waals surface area contributed by atoms with E-state index in [2.05, 4.69) is 6.07 Å². The van der Waals surface area contributed by atoms with Gasteiger partial charge in [0.25, 0.3) is 0 Å². The molecular formula is C63H43NO8. The average molecular weight is 942 g/mol. The number of hydrogen-bond donors (Lipinski definition) is 8. The topological polar surface area (TPSA) is 165 Å². The van der Waals surface area contributed by atoms with Gasteiger partial charge in [-0.2, -0.15) is 0 Å². The van der Waals surface area contributed by atoms with E-state index >= 15 is 0 Å². The van der Waals surface area contributed by atoms with Gasteiger partial charge in [-0.3, -0.25) is 4.90 Å². The molecule has 8 N–H and O–H groups in total. The fourth-order valence-electron chi connectivity index (χ4n) is 11.0. The van der Waals surface area contributed by atoms with Crippen LogP contribution in [0.2, 0.25) is 0 Å². The Morgan fingerprint density at radius 2 is 0.736 bits per heavy atom. The first kappa shape index (κ1) is 43.4. The fraction of sp³-hybridized carbons (Fsp3) is 0.0159. The number of aromatic hydroxyl groups is 8. The molecule has 1 aliphatic carbocycles. The first-order valence-corrected chi connectivity index (χ1v) is 23.3. The van der Waals surface area contributed by atoms with Crippen molar-refractivity contribution in [2.45, 2.75) is 5.41 Å². The van der Waals surface area contributed by atoms with Crippen LogP contribution in [0.25, 0.3) is 66.1 Å². The van der Waals surface area contributed by atoms with Gasteiger partial charge in [0, 0.05) is 5.69 Å². The monoisotopic (exact) mass is 941 g/mol. The zero-order valence-electron chi connectivity index (χ0n) is 38.2. The number of nitrogens with zero attached hydrogens (tertiary/aromatic N) is 1. The van der Waals surface area contributed by atoms with Gasteiger partial charge in [-0.25, -0.2) is 0 Å². The zero-order chi connectivity index (χ0) is 49.4. The molecule has 1 aliphatic rings. The standard InChI is InChI=1S/C63H43NO8/c65-55-51(38-30-28-37(29-31-38)36-16-4-1-5-17-36)56(66)60(70)53(59(55)69)64(54-61(71)57(67)52(58(68)62(54)72)48-34-39-18-10-11-23-43(39)44-24-12-13-25-45(44)48)42-32-33-47-46-26-14-15-27-49(46)63(50(47)35-42,40-19-6-2-7-20-40)41-21-8-3-9-22-41/h1-35,65-72H. The van der Waals surface area contributed by atoms with E-state index in [1.54, 1.807) is 54.6 Å². The molecule has 0 aliphatic heterocycles. The molecule has 0 heterocycles. The maximum atomic E-state index is 12.5. The van der Waals surface area contributed by atoms with Crippen molar-refractivity contribution in [3.8, 4) is 90.5 Å². The summed E-state index contributed by atoms with van der Waals surface area (Å²) in [5.41, 5.74) is 4.62. The van der Waals surface area contributed by atoms with Crippen LogP contribution in [-0.2, 0) is 5.41 Å². The predicted octanol–water partition coefficient (Wildman–Crippen LogP) is 14.5. The minimum Gasteiger partial charge on any atom is -0.504 e. The number of benzene rings is 11. The second-order valence-corrected chi connectivity index (χ2v) is 18.0. The van der Waals surface area contributed by atoms with Gasteiger partial charge in [0.05, 0.1) is 16.5 Å². The van der Waals surface area contributed by atoms with E-state index in [1.807, 2.05) is 152 Å². The third-order valence-electron chi connectivity index (χ3n) is 14.2. The van der Waals surface area contributed by atoms with E-state index in [9.17, 15) is 40.9 Å². The quantitative estimate of drug-likeness (QED) is 0.0421. The summed E-state index contributed by atoms with van der Waals surface area (Å²) in [4.78, 5) is 1.02. The Morgan fingerprint density at radius 3 is 1.33 bits per heavy atom. The molecule has 0 saturated carbocycles. The molecule has 0 fully saturated rings. The van der Waals surface area contributed by atoms with Gasteiger partial charge in [-0.05, 0) is 95.4 Å². The van der Waals surface area contributed by atoms with Crippen molar-refractivity contribution in [1.82, 2.24) is 0 Å². The number of anilines is 3. The minimum absolute atomic E-state index is 0.0652. The van der Waals surface area contributed by atoms with Crippen molar-refractivity contribution in [2.75, 3.05) is 4.90 Å². The molecule has 0 amide bonds. The van der Waals surface area contributed by atoms with E-state index in [4.69, 9.17) is 0 Å². The van der Waals surface area contributed by atoms with Crippen molar-refractivity contribution < 1.29 is 40.9 Å². The largest absolute Gasteiger partial charge is 0.504 e. The Morgan fingerprint density at radius 1 is 0.292 bits per heavy atom. The highest BCUT2D eigenvalue weighted by Crippen LogP contribution is 2.65. The minimum atomic E-state index is -0.990. The summed E-state index contributed by atoms with van der Waals surface area (Å²) in [7, 11) is 0. The molecule has 0 atom stereocenters. The first-order valence-electron chi connectivity index (χ1n) is 23.3. The maximum Gasteiger partial charge on any atom is 0.186 e. The number of hydrogen-bond acceptors (Lipinski definition) is 9. The van der Waals surface area contributed by atoms with Gasteiger partial charge in [0.15, 0.2) is 46.0 Å². The second-order valence-electron chi connectivity index (χ2n) is 18.0. The second kappa shape index (κ2) is 16.7. The van der Waals surface area contributed by atoms with Crippen molar-refractivity contribution >= 4 is 38.6 Å². The lowest BCUT2D eigenvalue weighted by atomic mass is 9.67. The molecule has 12 rings (SSSR count). The van der Waals surface area contributed by atoms with Crippen LogP contribution in [0.5, 0.6) is 46.0 Å². The smallest absolute Gasteiger partial charge is 0.186 e. The maximum absolute atomic E-state index is 12.5. The van der Waals surface area contributed by atoms with Crippen LogP contribution in [0.3, 0.4) is 0 Å². The summed E-state index contributed by atoms with van der Waals surface area (Å²) in [6.45, 7) is 0. The Balaban J connectivity index is 1.14. The Hall–Kier alpha value is -9.86. The molecule has 11 aromatic carbocycles. The van der Waals surface area contributed by atoms with Gasteiger partial charge in [0.1, 0.15) is 11.4 Å². The summed E-state index contributed by atoms with van der Waals surface area (Å²) in [5.74, 6) is -7.22. The third kappa shape index (κ3) is 6.34. The number of fused-ring (bicyclic) bond motifs is 6. The molecule has 72 heavy (non-hydrogen) atoms. The van der Waals surface area contributed by atoms with Crippen LogP contribution < -0.4 is 4.90 Å². The SMILES string of the molecule is Oc1c(O)c(N(c2ccc3c(c2)C(c2ccccc2)(c2ccccc2)c2ccccc2-3)c2c(O)c(O)c(-c3cc4ccccc4c4ccccc34)c(O)c2O)c(O)c(O)c1-c1ccc(-c2ccccc2)cc1. The van der Waals surface area contributed by atoms with Crippen molar-refractivity contribution in [3.05, 3.63) is 235 Å². The molecule has 348 valence electrons. The van der Waals surface area contributed by atoms with Gasteiger partial charge in [-0.1, -0.05) is 194 Å². The molecule has 0 spiro atoms. The third-order valence-corrected chi connectivity index (χ3v) is 14.2. The summed E-state index contributed by atoms with van der Waals surface area (Å²) in [6, 6.07) is 66.1. The zero-order valence-corrected chi connectivity index (χ0v) is 38.2. The van der Waals surface area contributed by atoms with Gasteiger partial charge in [0.2, 0.25) is 0 Å². The van der Waals surface area contributed by atoms with Crippen LogP contribution in [0.15, 0.2) is 212 Å². The number of phenolic OH excluding ortho intramolecular Hbond substituents is 8. The Bertz CT molecular complexity index is 3860. The highest BCUT2D eigenvalue weighted by atomic mass is 16.3. The first-order chi connectivity index (χ1) is 35.1. The van der Waals surface area contributed by atoms with E-state index in [0.717, 1.165) is 65.6 Å². The molecule has 9 heteroatoms. The fourth-order valence-corrected chi connectivity index (χ4v) is 11.0. The molecule has 11 aromatic rings. The molecule has 0 aromatic heterocycles.